The maximum absolute atomic E-state index is 12.5. The lowest BCUT2D eigenvalue weighted by molar-refractivity contribution is -0.117. The predicted octanol–water partition coefficient (Wildman–Crippen LogP) is 6.27. The van der Waals surface area contributed by atoms with Gasteiger partial charge in [0.25, 0.3) is 0 Å². The summed E-state index contributed by atoms with van der Waals surface area (Å²) in [7, 11) is 0. The molecule has 1 amide bonds. The molecule has 2 aromatic rings. The molecule has 152 valence electrons. The van der Waals surface area contributed by atoms with Crippen molar-refractivity contribution in [1.29, 1.82) is 0 Å². The summed E-state index contributed by atoms with van der Waals surface area (Å²) in [5.74, 6) is 0.231. The zero-order valence-electron chi connectivity index (χ0n) is 17.0. The third kappa shape index (κ3) is 5.68. The molecule has 3 nitrogen and oxygen atoms in total. The van der Waals surface area contributed by atoms with Gasteiger partial charge in [-0.15, -0.1) is 11.3 Å². The molecule has 1 aromatic carbocycles. The maximum atomic E-state index is 12.5. The van der Waals surface area contributed by atoms with Crippen molar-refractivity contribution >= 4 is 22.9 Å². The number of anilines is 1. The highest BCUT2D eigenvalue weighted by Gasteiger charge is 2.31. The van der Waals surface area contributed by atoms with E-state index < -0.39 is 6.10 Å². The lowest BCUT2D eigenvalue weighted by atomic mass is 10.0. The van der Waals surface area contributed by atoms with Crippen molar-refractivity contribution in [1.82, 2.24) is 0 Å². The Hall–Kier alpha value is -1.65. The van der Waals surface area contributed by atoms with E-state index in [-0.39, 0.29) is 5.91 Å². The summed E-state index contributed by atoms with van der Waals surface area (Å²) >= 11 is 1.81. The molecule has 0 bridgehead atoms. The number of nitrogens with zero attached hydrogens (tertiary/aromatic N) is 1. The lowest BCUT2D eigenvalue weighted by Gasteiger charge is -2.25. The van der Waals surface area contributed by atoms with E-state index in [1.54, 1.807) is 0 Å². The molecule has 3 rings (SSSR count). The highest BCUT2D eigenvalue weighted by molar-refractivity contribution is 7.09. The van der Waals surface area contributed by atoms with Crippen LogP contribution in [-0.4, -0.2) is 17.1 Å². The van der Waals surface area contributed by atoms with Gasteiger partial charge in [-0.25, -0.2) is 0 Å². The molecule has 4 heteroatoms. The summed E-state index contributed by atoms with van der Waals surface area (Å²) in [6.07, 6.45) is 9.95. The van der Waals surface area contributed by atoms with Crippen LogP contribution in [0.15, 0.2) is 41.8 Å². The average Bonchev–Trinajstić information content (AvgIpc) is 3.35. The summed E-state index contributed by atoms with van der Waals surface area (Å²) in [6, 6.07) is 12.6. The van der Waals surface area contributed by atoms with Gasteiger partial charge in [-0.2, -0.15) is 0 Å². The molecule has 1 fully saturated rings. The highest BCUT2D eigenvalue weighted by atomic mass is 32.1. The van der Waals surface area contributed by atoms with Crippen LogP contribution >= 0.6 is 11.3 Å². The molecule has 2 atom stereocenters. The largest absolute Gasteiger partial charge is 0.388 e. The number of hydrogen-bond donors (Lipinski definition) is 1. The number of aryl methyl sites for hydroxylation is 1. The summed E-state index contributed by atoms with van der Waals surface area (Å²) in [5.41, 5.74) is 1.94. The Morgan fingerprint density at radius 1 is 1.14 bits per heavy atom. The zero-order valence-corrected chi connectivity index (χ0v) is 17.8. The maximum Gasteiger partial charge on any atom is 0.227 e. The van der Waals surface area contributed by atoms with Crippen molar-refractivity contribution in [2.75, 3.05) is 4.90 Å². The first kappa shape index (κ1) is 21.1. The number of benzene rings is 1. The van der Waals surface area contributed by atoms with Gasteiger partial charge < -0.3 is 10.0 Å². The molecular weight excluding hydrogens is 366 g/mol. The highest BCUT2D eigenvalue weighted by Crippen LogP contribution is 2.31. The second-order valence-corrected chi connectivity index (χ2v) is 8.92. The topological polar surface area (TPSA) is 40.5 Å². The predicted molar refractivity (Wildman–Crippen MR) is 118 cm³/mol. The van der Waals surface area contributed by atoms with Crippen LogP contribution in [0.4, 0.5) is 5.69 Å². The van der Waals surface area contributed by atoms with E-state index in [0.717, 1.165) is 49.8 Å². The molecule has 1 aliphatic rings. The molecule has 0 spiro atoms. The standard InChI is InChI=1S/C24H33NO2S/c1-2-3-4-5-11-23(26)19-12-14-21(15-13-19)25-20(16-17-24(25)27)8-6-9-22-10-7-18-28-22/h7,10,12-15,18,20,23,26H,2-6,8-9,11,16-17H2,1H3/t20-,23+/m0/s1. The Labute approximate surface area is 173 Å². The van der Waals surface area contributed by atoms with Crippen LogP contribution in [0.2, 0.25) is 0 Å². The average molecular weight is 400 g/mol. The van der Waals surface area contributed by atoms with Crippen molar-refractivity contribution in [3.63, 3.8) is 0 Å². The number of amides is 1. The third-order valence-electron chi connectivity index (χ3n) is 5.75. The number of carbonyl (C=O) groups excluding carboxylic acids is 1. The molecule has 2 heterocycles. The van der Waals surface area contributed by atoms with E-state index in [9.17, 15) is 9.90 Å². The Bertz CT molecular complexity index is 711. The van der Waals surface area contributed by atoms with Crippen LogP contribution in [0.1, 0.15) is 81.3 Å². The van der Waals surface area contributed by atoms with Crippen molar-refractivity contribution in [2.45, 2.75) is 83.3 Å². The number of aliphatic hydroxyl groups is 1. The van der Waals surface area contributed by atoms with Crippen molar-refractivity contribution in [3.05, 3.63) is 52.2 Å². The summed E-state index contributed by atoms with van der Waals surface area (Å²) in [6.45, 7) is 2.20. The van der Waals surface area contributed by atoms with Crippen molar-refractivity contribution < 1.29 is 9.90 Å². The van der Waals surface area contributed by atoms with Gasteiger partial charge in [-0.1, -0.05) is 50.8 Å². The van der Waals surface area contributed by atoms with Gasteiger partial charge >= 0.3 is 0 Å². The van der Waals surface area contributed by atoms with E-state index in [0.29, 0.717) is 12.5 Å². The minimum atomic E-state index is -0.401. The molecule has 1 N–H and O–H groups in total. The normalized spacial score (nSPS) is 18.0. The molecule has 1 saturated heterocycles. The second kappa shape index (κ2) is 10.8. The molecule has 1 aliphatic heterocycles. The molecule has 0 radical (unpaired) electrons. The SMILES string of the molecule is CCCCCC[C@@H](O)c1ccc(N2C(=O)CC[C@@H]2CCCc2cccs2)cc1. The summed E-state index contributed by atoms with van der Waals surface area (Å²) in [5, 5.41) is 12.5. The Balaban J connectivity index is 1.55. The Kier molecular flexibility index (Phi) is 8.11. The minimum absolute atomic E-state index is 0.231. The number of carbonyl (C=O) groups is 1. The summed E-state index contributed by atoms with van der Waals surface area (Å²) < 4.78 is 0. The van der Waals surface area contributed by atoms with Crippen molar-refractivity contribution in [3.8, 4) is 0 Å². The number of rotatable bonds is 11. The molecular formula is C24H33NO2S. The van der Waals surface area contributed by atoms with E-state index in [4.69, 9.17) is 0 Å². The lowest BCUT2D eigenvalue weighted by Crippen LogP contribution is -2.32. The zero-order chi connectivity index (χ0) is 19.8. The first-order valence-electron chi connectivity index (χ1n) is 10.8. The van der Waals surface area contributed by atoms with Gasteiger partial charge in [-0.05, 0) is 61.2 Å². The molecule has 0 saturated carbocycles. The van der Waals surface area contributed by atoms with Crippen molar-refractivity contribution in [2.24, 2.45) is 0 Å². The minimum Gasteiger partial charge on any atom is -0.388 e. The van der Waals surface area contributed by atoms with E-state index in [1.165, 1.54) is 24.1 Å². The molecule has 1 aromatic heterocycles. The first-order valence-corrected chi connectivity index (χ1v) is 11.7. The number of aliphatic hydroxyl groups excluding tert-OH is 1. The van der Waals surface area contributed by atoms with Gasteiger partial charge in [0.15, 0.2) is 0 Å². The van der Waals surface area contributed by atoms with Crippen LogP contribution < -0.4 is 4.90 Å². The first-order chi connectivity index (χ1) is 13.7. The summed E-state index contributed by atoms with van der Waals surface area (Å²) in [4.78, 5) is 15.9. The second-order valence-electron chi connectivity index (χ2n) is 7.88. The van der Waals surface area contributed by atoms with Crippen LogP contribution in [0, 0.1) is 0 Å². The third-order valence-corrected chi connectivity index (χ3v) is 6.69. The van der Waals surface area contributed by atoms with Gasteiger partial charge in [0.05, 0.1) is 6.10 Å². The smallest absolute Gasteiger partial charge is 0.227 e. The fraction of sp³-hybridized carbons (Fsp3) is 0.542. The van der Waals surface area contributed by atoms with Crippen LogP contribution in [-0.2, 0) is 11.2 Å². The fourth-order valence-corrected chi connectivity index (χ4v) is 4.88. The van der Waals surface area contributed by atoms with Gasteiger partial charge in [0.1, 0.15) is 0 Å². The van der Waals surface area contributed by atoms with Gasteiger partial charge in [0.2, 0.25) is 5.91 Å². The number of thiophene rings is 1. The van der Waals surface area contributed by atoms with E-state index in [1.807, 2.05) is 40.5 Å². The van der Waals surface area contributed by atoms with E-state index in [2.05, 4.69) is 24.4 Å². The molecule has 0 unspecified atom stereocenters. The quantitative estimate of drug-likeness (QED) is 0.452. The van der Waals surface area contributed by atoms with Gasteiger partial charge in [-0.3, -0.25) is 4.79 Å². The van der Waals surface area contributed by atoms with E-state index >= 15 is 0 Å². The van der Waals surface area contributed by atoms with Crippen LogP contribution in [0.3, 0.4) is 0 Å². The molecule has 28 heavy (non-hydrogen) atoms. The Morgan fingerprint density at radius 2 is 1.96 bits per heavy atom. The monoisotopic (exact) mass is 399 g/mol. The molecule has 0 aliphatic carbocycles. The number of hydrogen-bond acceptors (Lipinski definition) is 3. The Morgan fingerprint density at radius 3 is 2.68 bits per heavy atom. The van der Waals surface area contributed by atoms with Crippen LogP contribution in [0.5, 0.6) is 0 Å². The number of unbranched alkanes of at least 4 members (excludes halogenated alkanes) is 3. The van der Waals surface area contributed by atoms with Gasteiger partial charge in [0, 0.05) is 23.0 Å². The van der Waals surface area contributed by atoms with Crippen LogP contribution in [0.25, 0.3) is 0 Å². The fourth-order valence-electron chi connectivity index (χ4n) is 4.13.